The number of hydrogen-bond acceptors (Lipinski definition) is 3. The molecule has 112 valence electrons. The highest BCUT2D eigenvalue weighted by atomic mass is 16.5. The molecule has 1 saturated heterocycles. The van der Waals surface area contributed by atoms with E-state index in [0.717, 1.165) is 32.3 Å². The van der Waals surface area contributed by atoms with Gasteiger partial charge in [0.1, 0.15) is 5.41 Å². The molecule has 0 aromatic rings. The molecule has 0 spiro atoms. The molecule has 0 radical (unpaired) electrons. The second-order valence-corrected chi connectivity index (χ2v) is 6.59. The van der Waals surface area contributed by atoms with E-state index < -0.39 is 5.41 Å². The third-order valence-electron chi connectivity index (χ3n) is 4.80. The van der Waals surface area contributed by atoms with Gasteiger partial charge >= 0.3 is 0 Å². The summed E-state index contributed by atoms with van der Waals surface area (Å²) in [6, 6.07) is 2.28. The lowest BCUT2D eigenvalue weighted by Crippen LogP contribution is -2.44. The Labute approximate surface area is 121 Å². The average molecular weight is 278 g/mol. The molecule has 0 unspecified atom stereocenters. The number of carbonyl (C=O) groups excluding carboxylic acids is 1. The van der Waals surface area contributed by atoms with Crippen LogP contribution in [0.3, 0.4) is 0 Å². The van der Waals surface area contributed by atoms with E-state index in [0.29, 0.717) is 31.2 Å². The third-order valence-corrected chi connectivity index (χ3v) is 4.80. The first kappa shape index (κ1) is 15.3. The molecule has 0 aromatic carbocycles. The lowest BCUT2D eigenvalue weighted by atomic mass is 9.74. The van der Waals surface area contributed by atoms with Crippen LogP contribution < -0.4 is 5.32 Å². The average Bonchev–Trinajstić information content (AvgIpc) is 2.94. The van der Waals surface area contributed by atoms with Crippen LogP contribution in [-0.4, -0.2) is 25.2 Å². The quantitative estimate of drug-likeness (QED) is 0.860. The minimum atomic E-state index is -0.773. The predicted molar refractivity (Wildman–Crippen MR) is 76.8 cm³/mol. The van der Waals surface area contributed by atoms with Crippen LogP contribution in [0.4, 0.5) is 0 Å². The number of hydrogen-bond donors (Lipinski definition) is 1. The van der Waals surface area contributed by atoms with Crippen LogP contribution in [0.25, 0.3) is 0 Å². The molecule has 20 heavy (non-hydrogen) atoms. The first-order valence-corrected chi connectivity index (χ1v) is 7.90. The topological polar surface area (TPSA) is 62.1 Å². The standard InChI is InChI=1S/C16H26N2O2/c1-12(2)14-13(6-9-20-14)10-18-15(19)16(11-17)7-4-3-5-8-16/h12-14H,3-10H2,1-2H3,(H,18,19)/t13-,14-/m1/s1. The van der Waals surface area contributed by atoms with Crippen molar-refractivity contribution >= 4 is 5.91 Å². The monoisotopic (exact) mass is 278 g/mol. The van der Waals surface area contributed by atoms with Crippen molar-refractivity contribution in [1.29, 1.82) is 5.26 Å². The highest BCUT2D eigenvalue weighted by molar-refractivity contribution is 5.85. The zero-order chi connectivity index (χ0) is 14.6. The molecule has 1 amide bonds. The van der Waals surface area contributed by atoms with Gasteiger partial charge in [-0.3, -0.25) is 4.79 Å². The zero-order valence-corrected chi connectivity index (χ0v) is 12.7. The zero-order valence-electron chi connectivity index (χ0n) is 12.7. The molecule has 2 rings (SSSR count). The maximum atomic E-state index is 12.4. The fraction of sp³-hybridized carbons (Fsp3) is 0.875. The van der Waals surface area contributed by atoms with Gasteiger partial charge in [-0.05, 0) is 25.2 Å². The van der Waals surface area contributed by atoms with E-state index >= 15 is 0 Å². The van der Waals surface area contributed by atoms with Crippen LogP contribution in [0.5, 0.6) is 0 Å². The number of carbonyl (C=O) groups is 1. The Morgan fingerprint density at radius 3 is 2.70 bits per heavy atom. The summed E-state index contributed by atoms with van der Waals surface area (Å²) in [4.78, 5) is 12.4. The molecule has 2 fully saturated rings. The van der Waals surface area contributed by atoms with Crippen molar-refractivity contribution < 1.29 is 9.53 Å². The normalized spacial score (nSPS) is 29.1. The molecule has 1 N–H and O–H groups in total. The van der Waals surface area contributed by atoms with Gasteiger partial charge in [-0.15, -0.1) is 0 Å². The molecule has 1 saturated carbocycles. The Kier molecular flexibility index (Phi) is 5.04. The minimum absolute atomic E-state index is 0.0610. The van der Waals surface area contributed by atoms with E-state index in [1.54, 1.807) is 0 Å². The van der Waals surface area contributed by atoms with Crippen LogP contribution in [0.2, 0.25) is 0 Å². The van der Waals surface area contributed by atoms with Crippen LogP contribution >= 0.6 is 0 Å². The van der Waals surface area contributed by atoms with Crippen molar-refractivity contribution in [1.82, 2.24) is 5.32 Å². The minimum Gasteiger partial charge on any atom is -0.378 e. The van der Waals surface area contributed by atoms with Gasteiger partial charge in [0.25, 0.3) is 0 Å². The molecule has 4 nitrogen and oxygen atoms in total. The molecule has 1 heterocycles. The van der Waals surface area contributed by atoms with Gasteiger partial charge in [0.05, 0.1) is 12.2 Å². The van der Waals surface area contributed by atoms with Crippen molar-refractivity contribution in [3.05, 3.63) is 0 Å². The van der Waals surface area contributed by atoms with Gasteiger partial charge in [0.15, 0.2) is 0 Å². The van der Waals surface area contributed by atoms with E-state index in [1.165, 1.54) is 0 Å². The van der Waals surface area contributed by atoms with Crippen molar-refractivity contribution in [2.75, 3.05) is 13.2 Å². The van der Waals surface area contributed by atoms with Gasteiger partial charge in [0.2, 0.25) is 5.91 Å². The SMILES string of the molecule is CC(C)[C@H]1OCC[C@@H]1CNC(=O)C1(C#N)CCCCC1. The van der Waals surface area contributed by atoms with Crippen molar-refractivity contribution in [3.8, 4) is 6.07 Å². The Morgan fingerprint density at radius 2 is 2.10 bits per heavy atom. The van der Waals surface area contributed by atoms with Gasteiger partial charge in [0, 0.05) is 19.1 Å². The summed E-state index contributed by atoms with van der Waals surface area (Å²) in [5.74, 6) is 0.798. The lowest BCUT2D eigenvalue weighted by Gasteiger charge is -2.30. The van der Waals surface area contributed by atoms with E-state index in [9.17, 15) is 10.1 Å². The van der Waals surface area contributed by atoms with E-state index in [4.69, 9.17) is 4.74 Å². The van der Waals surface area contributed by atoms with Crippen LogP contribution in [0.15, 0.2) is 0 Å². The smallest absolute Gasteiger partial charge is 0.240 e. The number of nitrogens with one attached hydrogen (secondary N) is 1. The molecule has 4 heteroatoms. The lowest BCUT2D eigenvalue weighted by molar-refractivity contribution is -0.129. The maximum Gasteiger partial charge on any atom is 0.240 e. The van der Waals surface area contributed by atoms with Gasteiger partial charge in [-0.25, -0.2) is 0 Å². The number of ether oxygens (including phenoxy) is 1. The van der Waals surface area contributed by atoms with Gasteiger partial charge < -0.3 is 10.1 Å². The molecule has 0 bridgehead atoms. The number of amides is 1. The fourth-order valence-corrected chi connectivity index (χ4v) is 3.55. The van der Waals surface area contributed by atoms with Crippen molar-refractivity contribution in [2.45, 2.75) is 58.5 Å². The summed E-state index contributed by atoms with van der Waals surface area (Å²) in [6.07, 6.45) is 5.78. The molecule has 1 aliphatic heterocycles. The first-order chi connectivity index (χ1) is 9.59. The predicted octanol–water partition coefficient (Wildman–Crippen LogP) is 2.64. The third kappa shape index (κ3) is 3.15. The van der Waals surface area contributed by atoms with Crippen LogP contribution in [0, 0.1) is 28.6 Å². The highest BCUT2D eigenvalue weighted by Crippen LogP contribution is 2.36. The Morgan fingerprint density at radius 1 is 1.40 bits per heavy atom. The number of rotatable bonds is 4. The molecular weight excluding hydrogens is 252 g/mol. The summed E-state index contributed by atoms with van der Waals surface area (Å²) in [5, 5.41) is 12.4. The van der Waals surface area contributed by atoms with E-state index in [2.05, 4.69) is 25.2 Å². The van der Waals surface area contributed by atoms with Crippen LogP contribution in [0.1, 0.15) is 52.4 Å². The van der Waals surface area contributed by atoms with Crippen molar-refractivity contribution in [2.24, 2.45) is 17.3 Å². The first-order valence-electron chi connectivity index (χ1n) is 7.90. The molecule has 0 aromatic heterocycles. The Bertz CT molecular complexity index is 380. The second kappa shape index (κ2) is 6.58. The van der Waals surface area contributed by atoms with Crippen LogP contribution in [-0.2, 0) is 9.53 Å². The second-order valence-electron chi connectivity index (χ2n) is 6.59. The molecular formula is C16H26N2O2. The highest BCUT2D eigenvalue weighted by Gasteiger charge is 2.40. The number of nitrogens with zero attached hydrogens (tertiary/aromatic N) is 1. The van der Waals surface area contributed by atoms with Gasteiger partial charge in [-0.1, -0.05) is 33.1 Å². The van der Waals surface area contributed by atoms with Gasteiger partial charge in [-0.2, -0.15) is 5.26 Å². The Balaban J connectivity index is 1.90. The summed E-state index contributed by atoms with van der Waals surface area (Å²) >= 11 is 0. The Hall–Kier alpha value is -1.08. The summed E-state index contributed by atoms with van der Waals surface area (Å²) in [6.45, 7) is 5.74. The molecule has 2 atom stereocenters. The molecule has 2 aliphatic rings. The van der Waals surface area contributed by atoms with E-state index in [-0.39, 0.29) is 12.0 Å². The largest absolute Gasteiger partial charge is 0.378 e. The summed E-state index contributed by atoms with van der Waals surface area (Å²) in [5.41, 5.74) is -0.773. The fourth-order valence-electron chi connectivity index (χ4n) is 3.55. The summed E-state index contributed by atoms with van der Waals surface area (Å²) < 4.78 is 5.74. The van der Waals surface area contributed by atoms with E-state index in [1.807, 2.05) is 0 Å². The molecule has 1 aliphatic carbocycles. The van der Waals surface area contributed by atoms with Crippen molar-refractivity contribution in [3.63, 3.8) is 0 Å². The number of nitriles is 1. The summed E-state index contributed by atoms with van der Waals surface area (Å²) in [7, 11) is 0. The maximum absolute atomic E-state index is 12.4.